The van der Waals surface area contributed by atoms with Crippen LogP contribution < -0.4 is 24.8 Å². The van der Waals surface area contributed by atoms with Crippen LogP contribution in [0.5, 0.6) is 0 Å². The first-order valence-electron chi connectivity index (χ1n) is 15.5. The van der Waals surface area contributed by atoms with E-state index in [0.29, 0.717) is 0 Å². The molecule has 0 N–H and O–H groups in total. The third-order valence-electron chi connectivity index (χ3n) is 7.62. The molecule has 0 amide bonds. The van der Waals surface area contributed by atoms with Crippen molar-refractivity contribution in [3.63, 3.8) is 0 Å². The summed E-state index contributed by atoms with van der Waals surface area (Å²) in [4.78, 5) is 0. The van der Waals surface area contributed by atoms with E-state index < -0.39 is 0 Å². The topological polar surface area (TPSA) is 0 Å². The predicted octanol–water partition coefficient (Wildman–Crippen LogP) is 6.20. The Morgan fingerprint density at radius 1 is 0.545 bits per heavy atom. The zero-order chi connectivity index (χ0) is 29.7. The molecule has 6 aromatic rings. The van der Waals surface area contributed by atoms with Gasteiger partial charge in [-0.05, 0) is 11.1 Å². The molecule has 0 aliphatic carbocycles. The van der Waals surface area contributed by atoms with E-state index in [0.717, 1.165) is 0 Å². The Hall–Kier alpha value is -2.22. The number of hydrogen-bond acceptors (Lipinski definition) is 0. The molecule has 0 saturated carbocycles. The number of benzene rings is 4. The molecule has 228 valence electrons. The first-order valence-corrected chi connectivity index (χ1v) is 21.1. The maximum atomic E-state index is 2.30. The number of rotatable bonds is 8. The second kappa shape index (κ2) is 20.0. The molecule has 0 spiro atoms. The van der Waals surface area contributed by atoms with Crippen molar-refractivity contribution in [3.05, 3.63) is 132 Å². The first-order chi connectivity index (χ1) is 20.5. The van der Waals surface area contributed by atoms with Gasteiger partial charge in [0.2, 0.25) is 0 Å². The third-order valence-corrected chi connectivity index (χ3v) is 13.2. The smallest absolute Gasteiger partial charge is 0.0279 e. The quantitative estimate of drug-likeness (QED) is 0.130. The Morgan fingerprint density at radius 3 is 1.30 bits per heavy atom. The van der Waals surface area contributed by atoms with Crippen molar-refractivity contribution in [2.24, 2.45) is 0 Å². The number of halogens is 2. The Kier molecular flexibility index (Phi) is 17.3. The Morgan fingerprint density at radius 2 is 0.932 bits per heavy atom. The van der Waals surface area contributed by atoms with E-state index >= 15 is 0 Å². The Labute approximate surface area is 293 Å². The van der Waals surface area contributed by atoms with E-state index in [1.165, 1.54) is 80.6 Å². The summed E-state index contributed by atoms with van der Waals surface area (Å²) in [5, 5.41) is 5.37. The normalized spacial score (nSPS) is 10.1. The van der Waals surface area contributed by atoms with Crippen LogP contribution in [0.2, 0.25) is 12.1 Å². The third kappa shape index (κ3) is 11.0. The average Bonchev–Trinajstić information content (AvgIpc) is 3.61. The Balaban J connectivity index is 0.000000233. The van der Waals surface area contributed by atoms with E-state index in [-0.39, 0.29) is 30.2 Å². The van der Waals surface area contributed by atoms with Gasteiger partial charge in [0.25, 0.3) is 0 Å². The van der Waals surface area contributed by atoms with Crippen LogP contribution in [0.4, 0.5) is 0 Å². The fourth-order valence-corrected chi connectivity index (χ4v) is 9.83. The molecule has 0 heterocycles. The van der Waals surface area contributed by atoms with Gasteiger partial charge in [-0.25, -0.2) is 0 Å². The van der Waals surface area contributed by atoms with Crippen molar-refractivity contribution in [2.75, 3.05) is 0 Å². The van der Waals surface area contributed by atoms with E-state index in [9.17, 15) is 0 Å². The van der Waals surface area contributed by atoms with Gasteiger partial charge in [-0.2, -0.15) is 12.1 Å². The van der Waals surface area contributed by atoms with Gasteiger partial charge >= 0.3 is 80.4 Å². The van der Waals surface area contributed by atoms with Crippen molar-refractivity contribution in [3.8, 4) is 22.3 Å². The summed E-state index contributed by atoms with van der Waals surface area (Å²) in [6.07, 6.45) is 5.77. The van der Waals surface area contributed by atoms with Crippen molar-refractivity contribution < 1.29 is 48.1 Å². The second-order valence-corrected chi connectivity index (χ2v) is 18.6. The van der Waals surface area contributed by atoms with Gasteiger partial charge in [0, 0.05) is 0 Å². The molecule has 0 aliphatic heterocycles. The SMILES string of the molecule is CCCC[Si](=[Zr+2])CCCC.Cc1cc2c(-c3ccccc3)cccc2[cH-]1.Cc1cc2c(-c3ccccc3)cccc2[cH-]1.[Cl-].[Cl-]. The molecular formula is C40H44Cl2SiZr-2. The van der Waals surface area contributed by atoms with Crippen LogP contribution in [0.25, 0.3) is 43.8 Å². The molecule has 0 fully saturated rings. The number of aryl methyl sites for hydroxylation is 2. The monoisotopic (exact) mass is 712 g/mol. The standard InChI is InChI=1S/2C16H13.C8H18Si.2ClH.Zr/c2*1-12-10-14-8-5-9-15(16(14)11-12)13-6-3-2-4-7-13;1-3-5-7-9-8-6-4-2;;;/h2*2-11H,1H3;3-8H2,1-2H3;2*1H;/q2*-1;;;;+2/p-2. The fraction of sp³-hybridized carbons (Fsp3) is 0.250. The first kappa shape index (κ1) is 38.0. The van der Waals surface area contributed by atoms with E-state index in [2.05, 4.69) is 149 Å². The minimum Gasteiger partial charge on any atom is -1.00 e. The molecule has 0 saturated heterocycles. The van der Waals surface area contributed by atoms with Gasteiger partial charge in [0.1, 0.15) is 0 Å². The summed E-state index contributed by atoms with van der Waals surface area (Å²) in [5.74, 6) is 0. The van der Waals surface area contributed by atoms with Crippen LogP contribution in [-0.2, 0) is 23.3 Å². The summed E-state index contributed by atoms with van der Waals surface area (Å²) in [6.45, 7) is 8.89. The van der Waals surface area contributed by atoms with Gasteiger partial charge in [0.05, 0.1) is 0 Å². The summed E-state index contributed by atoms with van der Waals surface area (Å²) < 4.78 is 0. The van der Waals surface area contributed by atoms with Crippen LogP contribution in [-0.4, -0.2) is 5.43 Å². The Bertz CT molecular complexity index is 1560. The number of fused-ring (bicyclic) bond motifs is 2. The van der Waals surface area contributed by atoms with Crippen molar-refractivity contribution in [1.82, 2.24) is 0 Å². The summed E-state index contributed by atoms with van der Waals surface area (Å²) >= 11 is 1.86. The summed E-state index contributed by atoms with van der Waals surface area (Å²) in [5.41, 5.74) is 8.07. The van der Waals surface area contributed by atoms with Crippen molar-refractivity contribution >= 4 is 27.0 Å². The second-order valence-electron chi connectivity index (χ2n) is 11.2. The maximum Gasteiger partial charge on any atom is -0.0279 e. The fourth-order valence-electron chi connectivity index (χ4n) is 5.41. The molecule has 6 rings (SSSR count). The van der Waals surface area contributed by atoms with Gasteiger partial charge in [-0.1, -0.05) is 97.8 Å². The van der Waals surface area contributed by atoms with Crippen molar-refractivity contribution in [1.29, 1.82) is 0 Å². The minimum atomic E-state index is 0. The molecule has 4 heteroatoms. The van der Waals surface area contributed by atoms with Crippen LogP contribution in [0.1, 0.15) is 50.7 Å². The molecule has 0 atom stereocenters. The molecule has 0 radical (unpaired) electrons. The zero-order valence-electron chi connectivity index (χ0n) is 26.5. The summed E-state index contributed by atoms with van der Waals surface area (Å²) in [6, 6.07) is 46.3. The van der Waals surface area contributed by atoms with Gasteiger partial charge < -0.3 is 24.8 Å². The van der Waals surface area contributed by atoms with Gasteiger partial charge in [0.15, 0.2) is 0 Å². The van der Waals surface area contributed by atoms with Gasteiger partial charge in [-0.3, -0.25) is 0 Å². The molecular weight excluding hydrogens is 671 g/mol. The van der Waals surface area contributed by atoms with Crippen LogP contribution in [0, 0.1) is 13.8 Å². The molecule has 44 heavy (non-hydrogen) atoms. The van der Waals surface area contributed by atoms with Gasteiger partial charge in [-0.15, -0.1) is 69.1 Å². The maximum absolute atomic E-state index is 2.30. The van der Waals surface area contributed by atoms with Crippen LogP contribution >= 0.6 is 0 Å². The van der Waals surface area contributed by atoms with Crippen molar-refractivity contribution in [2.45, 2.75) is 65.5 Å². The number of unbranched alkanes of at least 4 members (excludes halogenated alkanes) is 2. The minimum absolute atomic E-state index is 0. The number of hydrogen-bond donors (Lipinski definition) is 0. The van der Waals surface area contributed by atoms with E-state index in [4.69, 9.17) is 0 Å². The van der Waals surface area contributed by atoms with Crippen LogP contribution in [0.15, 0.2) is 121 Å². The molecule has 0 aliphatic rings. The molecule has 0 unspecified atom stereocenters. The molecule has 0 bridgehead atoms. The average molecular weight is 715 g/mol. The zero-order valence-corrected chi connectivity index (χ0v) is 31.5. The molecule has 0 aromatic heterocycles. The van der Waals surface area contributed by atoms with E-state index in [1.807, 2.05) is 23.3 Å². The largest absolute Gasteiger partial charge is 1.00 e. The predicted molar refractivity (Wildman–Crippen MR) is 185 cm³/mol. The van der Waals surface area contributed by atoms with E-state index in [1.54, 1.807) is 12.1 Å². The molecule has 0 nitrogen and oxygen atoms in total. The summed E-state index contributed by atoms with van der Waals surface area (Å²) in [7, 11) is 0. The van der Waals surface area contributed by atoms with Crippen LogP contribution in [0.3, 0.4) is 0 Å². The molecule has 6 aromatic carbocycles.